The molecule has 124 valence electrons. The zero-order chi connectivity index (χ0) is 15.8. The molecule has 0 spiro atoms. The van der Waals surface area contributed by atoms with E-state index in [0.717, 1.165) is 31.1 Å². The molecule has 22 heavy (non-hydrogen) atoms. The summed E-state index contributed by atoms with van der Waals surface area (Å²) in [4.78, 5) is 5.10. The standard InChI is InChI=1S/C18H30N2O2/c1-4-5-6-9-19-10-12-20(13-11-19)15-16-14-17(21-2)7-8-18(16)22-3/h7-8,14H,4-6,9-13,15H2,1-3H3. The molecular formula is C18H30N2O2. The molecule has 0 aromatic heterocycles. The van der Waals surface area contributed by atoms with Crippen LogP contribution in [0.15, 0.2) is 18.2 Å². The van der Waals surface area contributed by atoms with Gasteiger partial charge in [0.15, 0.2) is 0 Å². The molecule has 0 radical (unpaired) electrons. The zero-order valence-electron chi connectivity index (χ0n) is 14.3. The van der Waals surface area contributed by atoms with Crippen LogP contribution in [-0.4, -0.2) is 56.7 Å². The lowest BCUT2D eigenvalue weighted by Gasteiger charge is -2.35. The predicted molar refractivity (Wildman–Crippen MR) is 90.8 cm³/mol. The molecule has 1 fully saturated rings. The maximum absolute atomic E-state index is 5.48. The first-order valence-electron chi connectivity index (χ1n) is 8.42. The van der Waals surface area contributed by atoms with Gasteiger partial charge >= 0.3 is 0 Å². The first-order valence-corrected chi connectivity index (χ1v) is 8.42. The van der Waals surface area contributed by atoms with Gasteiger partial charge in [-0.05, 0) is 31.2 Å². The normalized spacial score (nSPS) is 16.7. The first-order chi connectivity index (χ1) is 10.8. The van der Waals surface area contributed by atoms with Crippen molar-refractivity contribution in [2.45, 2.75) is 32.7 Å². The number of hydrogen-bond donors (Lipinski definition) is 0. The van der Waals surface area contributed by atoms with E-state index < -0.39 is 0 Å². The Morgan fingerprint density at radius 1 is 0.955 bits per heavy atom. The average molecular weight is 306 g/mol. The van der Waals surface area contributed by atoms with Crippen LogP contribution < -0.4 is 9.47 Å². The second-order valence-electron chi connectivity index (χ2n) is 6.00. The number of benzene rings is 1. The fraction of sp³-hybridized carbons (Fsp3) is 0.667. The van der Waals surface area contributed by atoms with Gasteiger partial charge < -0.3 is 14.4 Å². The Morgan fingerprint density at radius 2 is 1.68 bits per heavy atom. The molecule has 4 heteroatoms. The quantitative estimate of drug-likeness (QED) is 0.689. The van der Waals surface area contributed by atoms with Crippen LogP contribution in [0.2, 0.25) is 0 Å². The third-order valence-electron chi connectivity index (χ3n) is 4.42. The summed E-state index contributed by atoms with van der Waals surface area (Å²) in [5, 5.41) is 0. The molecule has 1 aliphatic heterocycles. The maximum Gasteiger partial charge on any atom is 0.123 e. The third-order valence-corrected chi connectivity index (χ3v) is 4.42. The first kappa shape index (κ1) is 17.1. The van der Waals surface area contributed by atoms with Gasteiger partial charge in [-0.25, -0.2) is 0 Å². The van der Waals surface area contributed by atoms with Gasteiger partial charge in [0.1, 0.15) is 11.5 Å². The molecule has 1 aromatic rings. The van der Waals surface area contributed by atoms with Crippen LogP contribution in [0.5, 0.6) is 11.5 Å². The molecule has 1 aliphatic rings. The molecule has 0 aliphatic carbocycles. The van der Waals surface area contributed by atoms with E-state index in [1.54, 1.807) is 14.2 Å². The van der Waals surface area contributed by atoms with E-state index in [0.29, 0.717) is 0 Å². The molecule has 0 unspecified atom stereocenters. The van der Waals surface area contributed by atoms with Crippen molar-refractivity contribution in [1.82, 2.24) is 9.80 Å². The average Bonchev–Trinajstić information content (AvgIpc) is 2.56. The summed E-state index contributed by atoms with van der Waals surface area (Å²) in [6.45, 7) is 9.07. The van der Waals surface area contributed by atoms with E-state index in [1.807, 2.05) is 12.1 Å². The summed E-state index contributed by atoms with van der Waals surface area (Å²) in [6, 6.07) is 6.04. The molecule has 1 saturated heterocycles. The highest BCUT2D eigenvalue weighted by atomic mass is 16.5. The molecule has 1 heterocycles. The molecule has 2 rings (SSSR count). The molecule has 0 bridgehead atoms. The van der Waals surface area contributed by atoms with Crippen molar-refractivity contribution in [3.63, 3.8) is 0 Å². The highest BCUT2D eigenvalue weighted by Gasteiger charge is 2.18. The van der Waals surface area contributed by atoms with Gasteiger partial charge in [-0.3, -0.25) is 4.90 Å². The van der Waals surface area contributed by atoms with E-state index in [1.165, 1.54) is 44.5 Å². The molecule has 0 saturated carbocycles. The Hall–Kier alpha value is -1.26. The van der Waals surface area contributed by atoms with Gasteiger partial charge in [0, 0.05) is 38.3 Å². The lowest BCUT2D eigenvalue weighted by Crippen LogP contribution is -2.46. The van der Waals surface area contributed by atoms with Gasteiger partial charge in [0.05, 0.1) is 14.2 Å². The Kier molecular flexibility index (Phi) is 7.00. The number of rotatable bonds is 8. The SMILES string of the molecule is CCCCCN1CCN(Cc2cc(OC)ccc2OC)CC1. The zero-order valence-corrected chi connectivity index (χ0v) is 14.3. The van der Waals surface area contributed by atoms with Gasteiger partial charge in [0.25, 0.3) is 0 Å². The summed E-state index contributed by atoms with van der Waals surface area (Å²) in [7, 11) is 3.44. The number of methoxy groups -OCH3 is 2. The highest BCUT2D eigenvalue weighted by molar-refractivity contribution is 5.40. The Labute approximate surface area is 135 Å². The fourth-order valence-electron chi connectivity index (χ4n) is 3.00. The summed E-state index contributed by atoms with van der Waals surface area (Å²) < 4.78 is 10.8. The monoisotopic (exact) mass is 306 g/mol. The van der Waals surface area contributed by atoms with Gasteiger partial charge in [-0.2, -0.15) is 0 Å². The van der Waals surface area contributed by atoms with E-state index in [-0.39, 0.29) is 0 Å². The van der Waals surface area contributed by atoms with Crippen molar-refractivity contribution in [3.05, 3.63) is 23.8 Å². The summed E-state index contributed by atoms with van der Waals surface area (Å²) in [6.07, 6.45) is 3.98. The Bertz CT molecular complexity index is 443. The van der Waals surface area contributed by atoms with Crippen molar-refractivity contribution < 1.29 is 9.47 Å². The molecular weight excluding hydrogens is 276 g/mol. The van der Waals surface area contributed by atoms with Crippen LogP contribution in [0.1, 0.15) is 31.7 Å². The van der Waals surface area contributed by atoms with E-state index in [4.69, 9.17) is 9.47 Å². The second-order valence-corrected chi connectivity index (χ2v) is 6.00. The number of ether oxygens (including phenoxy) is 2. The largest absolute Gasteiger partial charge is 0.497 e. The van der Waals surface area contributed by atoms with Gasteiger partial charge in [0.2, 0.25) is 0 Å². The van der Waals surface area contributed by atoms with Crippen LogP contribution in [0.25, 0.3) is 0 Å². The van der Waals surface area contributed by atoms with Crippen LogP contribution in [0, 0.1) is 0 Å². The van der Waals surface area contributed by atoms with Crippen molar-refractivity contribution in [2.24, 2.45) is 0 Å². The van der Waals surface area contributed by atoms with Crippen molar-refractivity contribution in [1.29, 1.82) is 0 Å². The van der Waals surface area contributed by atoms with Crippen LogP contribution in [0.4, 0.5) is 0 Å². The van der Waals surface area contributed by atoms with E-state index in [9.17, 15) is 0 Å². The smallest absolute Gasteiger partial charge is 0.123 e. The van der Waals surface area contributed by atoms with Crippen molar-refractivity contribution in [2.75, 3.05) is 46.9 Å². The van der Waals surface area contributed by atoms with E-state index in [2.05, 4.69) is 22.8 Å². The van der Waals surface area contributed by atoms with Crippen LogP contribution in [-0.2, 0) is 6.54 Å². The minimum atomic E-state index is 0.897. The minimum absolute atomic E-state index is 0.897. The minimum Gasteiger partial charge on any atom is -0.497 e. The predicted octanol–water partition coefficient (Wildman–Crippen LogP) is 3.01. The van der Waals surface area contributed by atoms with E-state index >= 15 is 0 Å². The lowest BCUT2D eigenvalue weighted by atomic mass is 10.1. The van der Waals surface area contributed by atoms with Gasteiger partial charge in [-0.15, -0.1) is 0 Å². The number of nitrogens with zero attached hydrogens (tertiary/aromatic N) is 2. The van der Waals surface area contributed by atoms with Crippen molar-refractivity contribution >= 4 is 0 Å². The fourth-order valence-corrected chi connectivity index (χ4v) is 3.00. The van der Waals surface area contributed by atoms with Crippen LogP contribution in [0.3, 0.4) is 0 Å². The number of hydrogen-bond acceptors (Lipinski definition) is 4. The Morgan fingerprint density at radius 3 is 2.32 bits per heavy atom. The van der Waals surface area contributed by atoms with Crippen LogP contribution >= 0.6 is 0 Å². The highest BCUT2D eigenvalue weighted by Crippen LogP contribution is 2.25. The van der Waals surface area contributed by atoms with Crippen molar-refractivity contribution in [3.8, 4) is 11.5 Å². The lowest BCUT2D eigenvalue weighted by molar-refractivity contribution is 0.125. The molecule has 0 atom stereocenters. The summed E-state index contributed by atoms with van der Waals surface area (Å²) in [5.74, 6) is 1.85. The summed E-state index contributed by atoms with van der Waals surface area (Å²) in [5.41, 5.74) is 1.21. The second kappa shape index (κ2) is 9.01. The molecule has 0 N–H and O–H groups in total. The topological polar surface area (TPSA) is 24.9 Å². The number of piperazine rings is 1. The molecule has 4 nitrogen and oxygen atoms in total. The maximum atomic E-state index is 5.48. The third kappa shape index (κ3) is 4.89. The number of unbranched alkanes of at least 4 members (excludes halogenated alkanes) is 2. The Balaban J connectivity index is 1.85. The molecule has 0 amide bonds. The van der Waals surface area contributed by atoms with Gasteiger partial charge in [-0.1, -0.05) is 19.8 Å². The summed E-state index contributed by atoms with van der Waals surface area (Å²) >= 11 is 0. The molecule has 1 aromatic carbocycles.